The van der Waals surface area contributed by atoms with Crippen molar-refractivity contribution in [1.29, 1.82) is 0 Å². The van der Waals surface area contributed by atoms with Gasteiger partial charge >= 0.3 is 0 Å². The Bertz CT molecular complexity index is 1660. The van der Waals surface area contributed by atoms with E-state index in [0.717, 1.165) is 4.90 Å². The molecule has 2 heterocycles. The first-order valence-corrected chi connectivity index (χ1v) is 10.9. The minimum absolute atomic E-state index is 0.0622. The van der Waals surface area contributed by atoms with E-state index in [9.17, 15) is 19.7 Å². The topological polar surface area (TPSA) is 116 Å². The second-order valence-electron chi connectivity index (χ2n) is 8.04. The Labute approximate surface area is 203 Å². The maximum absolute atomic E-state index is 13.3. The first-order valence-electron chi connectivity index (χ1n) is 10.9. The number of benzene rings is 4. The Hall–Kier alpha value is -5.31. The van der Waals surface area contributed by atoms with Gasteiger partial charge in [0.15, 0.2) is 5.58 Å². The molecule has 9 heteroatoms. The van der Waals surface area contributed by atoms with Crippen LogP contribution in [0.15, 0.2) is 95.4 Å². The first kappa shape index (κ1) is 21.2. The number of oxazole rings is 1. The summed E-state index contributed by atoms with van der Waals surface area (Å²) in [5.41, 5.74) is 2.75. The number of para-hydroxylation sites is 2. The van der Waals surface area contributed by atoms with Gasteiger partial charge in [0, 0.05) is 17.7 Å². The number of imide groups is 1. The molecule has 6 rings (SSSR count). The fourth-order valence-corrected chi connectivity index (χ4v) is 4.06. The van der Waals surface area contributed by atoms with Crippen molar-refractivity contribution in [3.8, 4) is 23.0 Å². The quantitative estimate of drug-likeness (QED) is 0.173. The highest BCUT2D eigenvalue weighted by molar-refractivity contribution is 6.34. The van der Waals surface area contributed by atoms with E-state index in [0.29, 0.717) is 39.7 Å². The summed E-state index contributed by atoms with van der Waals surface area (Å²) in [5, 5.41) is 10.8. The van der Waals surface area contributed by atoms with Crippen molar-refractivity contribution in [1.82, 2.24) is 4.98 Å². The Kier molecular flexibility index (Phi) is 4.82. The van der Waals surface area contributed by atoms with Gasteiger partial charge in [-0.25, -0.2) is 9.88 Å². The Balaban J connectivity index is 1.29. The van der Waals surface area contributed by atoms with Crippen molar-refractivity contribution in [3.05, 3.63) is 112 Å². The number of nitro groups is 1. The van der Waals surface area contributed by atoms with Gasteiger partial charge in [0.2, 0.25) is 5.89 Å². The van der Waals surface area contributed by atoms with E-state index < -0.39 is 16.7 Å². The molecule has 0 aliphatic carbocycles. The van der Waals surface area contributed by atoms with E-state index in [4.69, 9.17) is 9.15 Å². The average Bonchev–Trinajstić information content (AvgIpc) is 3.43. The van der Waals surface area contributed by atoms with Gasteiger partial charge in [-0.2, -0.15) is 0 Å². The minimum Gasteiger partial charge on any atom is -0.457 e. The van der Waals surface area contributed by atoms with Crippen LogP contribution in [-0.4, -0.2) is 21.7 Å². The number of hydrogen-bond acceptors (Lipinski definition) is 7. The van der Waals surface area contributed by atoms with Crippen LogP contribution in [0.4, 0.5) is 11.4 Å². The van der Waals surface area contributed by atoms with Gasteiger partial charge in [-0.15, -0.1) is 0 Å². The van der Waals surface area contributed by atoms with Gasteiger partial charge < -0.3 is 9.15 Å². The van der Waals surface area contributed by atoms with Crippen LogP contribution in [0.2, 0.25) is 0 Å². The van der Waals surface area contributed by atoms with E-state index in [1.807, 2.05) is 24.3 Å². The number of anilines is 1. The Morgan fingerprint density at radius 3 is 2.33 bits per heavy atom. The van der Waals surface area contributed by atoms with E-state index >= 15 is 0 Å². The third kappa shape index (κ3) is 3.55. The standard InChI is InChI=1S/C27H15N3O6/c31-26-21-13-12-20(35-19-10-8-17(9-11-19)30(33)34)15-22(21)27(32)29(26)18-5-3-4-16(14-18)25-28-23-6-1-2-7-24(23)36-25/h1-15H. The summed E-state index contributed by atoms with van der Waals surface area (Å²) in [7, 11) is 0. The number of aromatic nitrogens is 1. The summed E-state index contributed by atoms with van der Waals surface area (Å²) < 4.78 is 11.6. The normalized spacial score (nSPS) is 12.7. The fraction of sp³-hybridized carbons (Fsp3) is 0. The van der Waals surface area contributed by atoms with E-state index in [-0.39, 0.29) is 16.8 Å². The number of ether oxygens (including phenoxy) is 1. The molecule has 36 heavy (non-hydrogen) atoms. The molecule has 9 nitrogen and oxygen atoms in total. The monoisotopic (exact) mass is 477 g/mol. The predicted octanol–water partition coefficient (Wildman–Crippen LogP) is 6.00. The number of fused-ring (bicyclic) bond motifs is 2. The highest BCUT2D eigenvalue weighted by atomic mass is 16.6. The third-order valence-electron chi connectivity index (χ3n) is 5.79. The zero-order chi connectivity index (χ0) is 24.8. The van der Waals surface area contributed by atoms with Crippen LogP contribution in [0, 0.1) is 10.1 Å². The van der Waals surface area contributed by atoms with Crippen molar-refractivity contribution in [3.63, 3.8) is 0 Å². The van der Waals surface area contributed by atoms with Crippen LogP contribution in [0.5, 0.6) is 11.5 Å². The molecule has 0 unspecified atom stereocenters. The zero-order valence-corrected chi connectivity index (χ0v) is 18.5. The van der Waals surface area contributed by atoms with Crippen LogP contribution in [0.3, 0.4) is 0 Å². The highest BCUT2D eigenvalue weighted by Gasteiger charge is 2.37. The number of nitro benzene ring substituents is 1. The summed E-state index contributed by atoms with van der Waals surface area (Å²) in [6.45, 7) is 0. The van der Waals surface area contributed by atoms with E-state index in [2.05, 4.69) is 4.98 Å². The van der Waals surface area contributed by atoms with Crippen LogP contribution >= 0.6 is 0 Å². The summed E-state index contributed by atoms with van der Waals surface area (Å²) in [6, 6.07) is 24.4. The molecule has 1 aromatic heterocycles. The lowest BCUT2D eigenvalue weighted by atomic mass is 10.1. The molecule has 0 saturated carbocycles. The highest BCUT2D eigenvalue weighted by Crippen LogP contribution is 2.34. The number of non-ortho nitro benzene ring substituents is 1. The molecule has 1 aliphatic rings. The van der Waals surface area contributed by atoms with E-state index in [1.165, 1.54) is 36.4 Å². The maximum atomic E-state index is 13.3. The van der Waals surface area contributed by atoms with Crippen LogP contribution < -0.4 is 9.64 Å². The van der Waals surface area contributed by atoms with Gasteiger partial charge in [-0.1, -0.05) is 18.2 Å². The number of hydrogen-bond donors (Lipinski definition) is 0. The molecule has 0 fully saturated rings. The Morgan fingerprint density at radius 1 is 0.806 bits per heavy atom. The fourth-order valence-electron chi connectivity index (χ4n) is 4.06. The number of rotatable bonds is 5. The van der Waals surface area contributed by atoms with Crippen molar-refractivity contribution < 1.29 is 23.7 Å². The molecule has 0 radical (unpaired) electrons. The SMILES string of the molecule is O=C1c2ccc(Oc3ccc([N+](=O)[O-])cc3)cc2C(=O)N1c1cccc(-c2nc3ccccc3o2)c1. The lowest BCUT2D eigenvalue weighted by Crippen LogP contribution is -2.29. The van der Waals surface area contributed by atoms with Crippen LogP contribution in [-0.2, 0) is 0 Å². The van der Waals surface area contributed by atoms with Crippen molar-refractivity contribution in [2.45, 2.75) is 0 Å². The number of amides is 2. The minimum atomic E-state index is -0.503. The molecular formula is C27H15N3O6. The molecule has 174 valence electrons. The molecule has 2 amide bonds. The first-order chi connectivity index (χ1) is 17.5. The number of carbonyl (C=O) groups excluding carboxylic acids is 2. The smallest absolute Gasteiger partial charge is 0.269 e. The van der Waals surface area contributed by atoms with Gasteiger partial charge in [-0.05, 0) is 60.7 Å². The molecular weight excluding hydrogens is 462 g/mol. The second kappa shape index (κ2) is 8.17. The van der Waals surface area contributed by atoms with Gasteiger partial charge in [0.1, 0.15) is 17.0 Å². The van der Waals surface area contributed by atoms with Crippen LogP contribution in [0.1, 0.15) is 20.7 Å². The average molecular weight is 477 g/mol. The summed E-state index contributed by atoms with van der Waals surface area (Å²) in [6.07, 6.45) is 0. The van der Waals surface area contributed by atoms with E-state index in [1.54, 1.807) is 30.3 Å². The molecule has 4 aromatic carbocycles. The summed E-state index contributed by atoms with van der Waals surface area (Å²) in [5.74, 6) is 0.130. The van der Waals surface area contributed by atoms with Gasteiger partial charge in [0.05, 0.1) is 21.7 Å². The molecule has 5 aromatic rings. The molecule has 0 spiro atoms. The molecule has 1 aliphatic heterocycles. The predicted molar refractivity (Wildman–Crippen MR) is 130 cm³/mol. The van der Waals surface area contributed by atoms with Crippen LogP contribution in [0.25, 0.3) is 22.6 Å². The lowest BCUT2D eigenvalue weighted by molar-refractivity contribution is -0.384. The second-order valence-corrected chi connectivity index (χ2v) is 8.04. The lowest BCUT2D eigenvalue weighted by Gasteiger charge is -2.14. The van der Waals surface area contributed by atoms with Crippen molar-refractivity contribution in [2.75, 3.05) is 4.90 Å². The zero-order valence-electron chi connectivity index (χ0n) is 18.5. The molecule has 0 saturated heterocycles. The van der Waals surface area contributed by atoms with Crippen molar-refractivity contribution >= 4 is 34.3 Å². The number of nitrogens with zero attached hydrogens (tertiary/aromatic N) is 3. The van der Waals surface area contributed by atoms with Gasteiger partial charge in [-0.3, -0.25) is 19.7 Å². The number of carbonyl (C=O) groups is 2. The summed E-state index contributed by atoms with van der Waals surface area (Å²) >= 11 is 0. The summed E-state index contributed by atoms with van der Waals surface area (Å²) in [4.78, 5) is 42.3. The van der Waals surface area contributed by atoms with Crippen molar-refractivity contribution in [2.24, 2.45) is 0 Å². The molecule has 0 N–H and O–H groups in total. The molecule has 0 atom stereocenters. The Morgan fingerprint density at radius 2 is 1.56 bits per heavy atom. The maximum Gasteiger partial charge on any atom is 0.269 e. The molecule has 0 bridgehead atoms. The van der Waals surface area contributed by atoms with Gasteiger partial charge in [0.25, 0.3) is 17.5 Å². The third-order valence-corrected chi connectivity index (χ3v) is 5.79. The largest absolute Gasteiger partial charge is 0.457 e.